The first-order valence-corrected chi connectivity index (χ1v) is 10.5. The number of Topliss-reactive ketones (excluding diaryl/α,β-unsaturated/α-hetero) is 1. The van der Waals surface area contributed by atoms with Gasteiger partial charge in [-0.3, -0.25) is 24.3 Å². The number of carbonyl (C=O) groups is 1. The number of rotatable bonds is 6. The Morgan fingerprint density at radius 3 is 2.71 bits per heavy atom. The third-order valence-electron chi connectivity index (χ3n) is 5.99. The number of carbonyl (C=O) groups excluding carboxylic acids is 1. The first kappa shape index (κ1) is 21.4. The first-order valence-electron chi connectivity index (χ1n) is 10.5. The summed E-state index contributed by atoms with van der Waals surface area (Å²) in [6.45, 7) is 4.37. The Morgan fingerprint density at radius 1 is 1.12 bits per heavy atom. The summed E-state index contributed by atoms with van der Waals surface area (Å²) in [6.07, 6.45) is 1.25. The lowest BCUT2D eigenvalue weighted by molar-refractivity contribution is -0.384. The number of aromatic nitrogens is 3. The van der Waals surface area contributed by atoms with Gasteiger partial charge in [0.05, 0.1) is 28.7 Å². The maximum Gasteiger partial charge on any atom is 0.271 e. The summed E-state index contributed by atoms with van der Waals surface area (Å²) in [5.41, 5.74) is 2.87. The molecule has 0 saturated carbocycles. The molecule has 0 amide bonds. The second-order valence-corrected chi connectivity index (χ2v) is 8.12. The van der Waals surface area contributed by atoms with Crippen molar-refractivity contribution in [2.24, 2.45) is 0 Å². The zero-order valence-corrected chi connectivity index (χ0v) is 18.5. The Morgan fingerprint density at radius 2 is 1.91 bits per heavy atom. The number of aryl methyl sites for hydroxylation is 1. The van der Waals surface area contributed by atoms with Crippen LogP contribution in [0.25, 0.3) is 10.9 Å². The monoisotopic (exact) mass is 460 g/mol. The number of non-ortho nitro benzene ring substituents is 1. The molecule has 34 heavy (non-hydrogen) atoms. The lowest BCUT2D eigenvalue weighted by Gasteiger charge is -2.11. The molecule has 0 bridgehead atoms. The van der Waals surface area contributed by atoms with Crippen LogP contribution in [0.2, 0.25) is 0 Å². The molecule has 0 spiro atoms. The summed E-state index contributed by atoms with van der Waals surface area (Å²) in [5, 5.41) is 11.2. The average molecular weight is 460 g/mol. The Bertz CT molecular complexity index is 1530. The maximum absolute atomic E-state index is 13.1. The van der Waals surface area contributed by atoms with Crippen molar-refractivity contribution < 1.29 is 19.2 Å². The van der Waals surface area contributed by atoms with Crippen molar-refractivity contribution in [1.29, 1.82) is 0 Å². The van der Waals surface area contributed by atoms with E-state index in [1.54, 1.807) is 0 Å². The summed E-state index contributed by atoms with van der Waals surface area (Å²) < 4.78 is 14.1. The summed E-state index contributed by atoms with van der Waals surface area (Å²) in [6, 6.07) is 11.4. The topological polar surface area (TPSA) is 118 Å². The van der Waals surface area contributed by atoms with E-state index in [0.29, 0.717) is 23.6 Å². The largest absolute Gasteiger partial charge is 0.454 e. The van der Waals surface area contributed by atoms with E-state index in [0.717, 1.165) is 17.0 Å². The van der Waals surface area contributed by atoms with Crippen molar-refractivity contribution in [3.05, 3.63) is 91.8 Å². The third kappa shape index (κ3) is 3.68. The molecule has 0 atom stereocenters. The first-order chi connectivity index (χ1) is 16.3. The highest BCUT2D eigenvalue weighted by Gasteiger charge is 2.19. The van der Waals surface area contributed by atoms with Crippen LogP contribution in [0.15, 0.2) is 53.6 Å². The molecule has 0 unspecified atom stereocenters. The molecule has 2 aromatic heterocycles. The zero-order chi connectivity index (χ0) is 24.0. The van der Waals surface area contributed by atoms with Crippen molar-refractivity contribution in [3.63, 3.8) is 0 Å². The Hall–Kier alpha value is -4.47. The highest BCUT2D eigenvalue weighted by Crippen LogP contribution is 2.33. The Balaban J connectivity index is 1.40. The molecule has 0 saturated heterocycles. The number of hydrogen-bond acceptors (Lipinski definition) is 7. The highest BCUT2D eigenvalue weighted by atomic mass is 16.7. The lowest BCUT2D eigenvalue weighted by atomic mass is 10.1. The summed E-state index contributed by atoms with van der Waals surface area (Å²) in [7, 11) is 0. The number of fused-ring (bicyclic) bond motifs is 2. The van der Waals surface area contributed by atoms with E-state index in [4.69, 9.17) is 9.47 Å². The van der Waals surface area contributed by atoms with Gasteiger partial charge in [-0.15, -0.1) is 0 Å². The predicted octanol–water partition coefficient (Wildman–Crippen LogP) is 3.38. The van der Waals surface area contributed by atoms with Crippen molar-refractivity contribution in [1.82, 2.24) is 14.1 Å². The van der Waals surface area contributed by atoms with E-state index in [1.807, 2.05) is 42.7 Å². The molecule has 2 aromatic carbocycles. The molecule has 4 aromatic rings. The molecule has 0 N–H and O–H groups in total. The molecular weight excluding hydrogens is 440 g/mol. The van der Waals surface area contributed by atoms with E-state index in [1.165, 1.54) is 29.1 Å². The van der Waals surface area contributed by atoms with Crippen molar-refractivity contribution in [3.8, 4) is 11.5 Å². The van der Waals surface area contributed by atoms with Crippen LogP contribution in [0.4, 0.5) is 5.69 Å². The van der Waals surface area contributed by atoms with Gasteiger partial charge in [0.15, 0.2) is 17.3 Å². The molecule has 1 aliphatic heterocycles. The molecule has 0 radical (unpaired) electrons. The summed E-state index contributed by atoms with van der Waals surface area (Å²) in [5.74, 6) is 1.18. The maximum atomic E-state index is 13.1. The number of benzene rings is 2. The molecule has 3 heterocycles. The van der Waals surface area contributed by atoms with Crippen LogP contribution in [0.5, 0.6) is 11.5 Å². The van der Waals surface area contributed by atoms with Gasteiger partial charge < -0.3 is 14.0 Å². The highest BCUT2D eigenvalue weighted by molar-refractivity contribution is 5.97. The minimum atomic E-state index is -0.546. The Kier molecular flexibility index (Phi) is 5.12. The SMILES string of the molecule is Cc1cc(C(=O)Cn2cnc3cc([N+](=O)[O-])ccc3c2=O)c(C)n1Cc1ccc2c(c1)OCO2. The van der Waals surface area contributed by atoms with E-state index in [9.17, 15) is 19.7 Å². The number of nitro benzene ring substituents is 1. The number of ether oxygens (including phenoxy) is 2. The fraction of sp³-hybridized carbons (Fsp3) is 0.208. The van der Waals surface area contributed by atoms with Crippen molar-refractivity contribution in [2.45, 2.75) is 26.9 Å². The third-order valence-corrected chi connectivity index (χ3v) is 5.99. The normalized spacial score (nSPS) is 12.3. The van der Waals surface area contributed by atoms with Crippen molar-refractivity contribution >= 4 is 22.4 Å². The summed E-state index contributed by atoms with van der Waals surface area (Å²) >= 11 is 0. The van der Waals surface area contributed by atoms with E-state index < -0.39 is 10.5 Å². The van der Waals surface area contributed by atoms with E-state index in [2.05, 4.69) is 4.98 Å². The van der Waals surface area contributed by atoms with Crippen molar-refractivity contribution in [2.75, 3.05) is 6.79 Å². The second kappa shape index (κ2) is 8.14. The average Bonchev–Trinajstić information content (AvgIpc) is 3.40. The minimum Gasteiger partial charge on any atom is -0.454 e. The quantitative estimate of drug-likeness (QED) is 0.246. The summed E-state index contributed by atoms with van der Waals surface area (Å²) in [4.78, 5) is 40.5. The van der Waals surface area contributed by atoms with Crippen LogP contribution >= 0.6 is 0 Å². The molecule has 0 aliphatic carbocycles. The number of nitro groups is 1. The van der Waals surface area contributed by atoms with E-state index >= 15 is 0 Å². The van der Waals surface area contributed by atoms with Gasteiger partial charge in [0.1, 0.15) is 0 Å². The smallest absolute Gasteiger partial charge is 0.271 e. The lowest BCUT2D eigenvalue weighted by Crippen LogP contribution is -2.25. The second-order valence-electron chi connectivity index (χ2n) is 8.12. The number of ketones is 1. The molecule has 10 nitrogen and oxygen atoms in total. The van der Waals surface area contributed by atoms with Crippen LogP contribution in [0.1, 0.15) is 27.3 Å². The molecular formula is C24H20N4O6. The molecule has 10 heteroatoms. The Labute approximate surface area is 193 Å². The fourth-order valence-corrected chi connectivity index (χ4v) is 4.16. The fourth-order valence-electron chi connectivity index (χ4n) is 4.16. The minimum absolute atomic E-state index is 0.150. The van der Waals surface area contributed by atoms with Crippen LogP contribution in [-0.2, 0) is 13.1 Å². The van der Waals surface area contributed by atoms with Gasteiger partial charge in [0, 0.05) is 35.6 Å². The predicted molar refractivity (Wildman–Crippen MR) is 123 cm³/mol. The van der Waals surface area contributed by atoms with Gasteiger partial charge >= 0.3 is 0 Å². The van der Waals surface area contributed by atoms with Gasteiger partial charge in [-0.2, -0.15) is 0 Å². The standard InChI is InChI=1S/C24H20N4O6/c1-14-7-19(15(2)27(14)10-16-3-6-22-23(8-16)34-13-33-22)21(29)11-26-12-25-20-9-17(28(31)32)4-5-18(20)24(26)30/h3-9,12H,10-11,13H2,1-2H3. The molecule has 5 rings (SSSR count). The van der Waals surface area contributed by atoms with Gasteiger partial charge in [-0.1, -0.05) is 6.07 Å². The van der Waals surface area contributed by atoms with E-state index in [-0.39, 0.29) is 35.7 Å². The van der Waals surface area contributed by atoms with Crippen LogP contribution < -0.4 is 15.0 Å². The van der Waals surface area contributed by atoms with Gasteiger partial charge in [-0.05, 0) is 43.7 Å². The van der Waals surface area contributed by atoms with Gasteiger partial charge in [0.2, 0.25) is 6.79 Å². The zero-order valence-electron chi connectivity index (χ0n) is 18.5. The van der Waals surface area contributed by atoms with Crippen LogP contribution in [0, 0.1) is 24.0 Å². The molecule has 0 fully saturated rings. The molecule has 172 valence electrons. The van der Waals surface area contributed by atoms with Crippen LogP contribution in [-0.4, -0.2) is 31.6 Å². The number of nitrogens with zero attached hydrogens (tertiary/aromatic N) is 4. The molecule has 1 aliphatic rings. The van der Waals surface area contributed by atoms with Gasteiger partial charge in [-0.25, -0.2) is 4.98 Å². The van der Waals surface area contributed by atoms with Crippen LogP contribution in [0.3, 0.4) is 0 Å². The van der Waals surface area contributed by atoms with Gasteiger partial charge in [0.25, 0.3) is 11.2 Å². The number of hydrogen-bond donors (Lipinski definition) is 0.